The molecule has 7 nitrogen and oxygen atoms in total. The molecule has 0 amide bonds. The molecule has 3 N–H and O–H groups in total. The van der Waals surface area contributed by atoms with Gasteiger partial charge in [-0.25, -0.2) is 4.98 Å². The first-order chi connectivity index (χ1) is 13.8. The molecule has 1 aromatic carbocycles. The van der Waals surface area contributed by atoms with Crippen LogP contribution in [-0.2, 0) is 4.74 Å². The second-order valence-electron chi connectivity index (χ2n) is 7.59. The van der Waals surface area contributed by atoms with Crippen molar-refractivity contribution in [2.24, 2.45) is 11.7 Å². The van der Waals surface area contributed by atoms with Gasteiger partial charge in [0.1, 0.15) is 0 Å². The van der Waals surface area contributed by atoms with Crippen molar-refractivity contribution in [2.45, 2.75) is 31.7 Å². The minimum Gasteiger partial charge on any atom is -0.477 e. The number of nitrogens with two attached hydrogens (primary N) is 1. The maximum Gasteiger partial charge on any atom is 0.230 e. The van der Waals surface area contributed by atoms with Crippen molar-refractivity contribution in [1.29, 1.82) is 0 Å². The van der Waals surface area contributed by atoms with Crippen LogP contribution in [0.4, 0.5) is 17.3 Å². The van der Waals surface area contributed by atoms with Gasteiger partial charge < -0.3 is 25.4 Å². The Hall–Kier alpha value is -2.38. The third-order valence-corrected chi connectivity index (χ3v) is 5.47. The Bertz CT molecular complexity index is 758. The van der Waals surface area contributed by atoms with Gasteiger partial charge in [-0.05, 0) is 49.8 Å². The number of benzene rings is 1. The summed E-state index contributed by atoms with van der Waals surface area (Å²) in [5.41, 5.74) is 8.11. The van der Waals surface area contributed by atoms with E-state index in [1.807, 2.05) is 18.2 Å². The molecular weight excluding hydrogens is 354 g/mol. The zero-order chi connectivity index (χ0) is 19.2. The minimum atomic E-state index is 0.360. The molecule has 0 radical (unpaired) electrons. The lowest BCUT2D eigenvalue weighted by Gasteiger charge is -2.29. The van der Waals surface area contributed by atoms with Gasteiger partial charge in [-0.2, -0.15) is 4.98 Å². The van der Waals surface area contributed by atoms with Crippen molar-refractivity contribution in [2.75, 3.05) is 43.1 Å². The summed E-state index contributed by atoms with van der Waals surface area (Å²) in [4.78, 5) is 11.2. The molecule has 2 aromatic rings. The number of nitrogens with one attached hydrogen (secondary N) is 1. The number of ether oxygens (including phenoxy) is 2. The second-order valence-corrected chi connectivity index (χ2v) is 7.59. The van der Waals surface area contributed by atoms with Crippen LogP contribution in [0.3, 0.4) is 0 Å². The predicted octanol–water partition coefficient (Wildman–Crippen LogP) is 2.95. The van der Waals surface area contributed by atoms with E-state index in [-0.39, 0.29) is 0 Å². The molecule has 0 atom stereocenters. The molecule has 150 valence electrons. The van der Waals surface area contributed by atoms with Gasteiger partial charge in [0.25, 0.3) is 0 Å². The molecule has 1 aromatic heterocycles. The summed E-state index contributed by atoms with van der Waals surface area (Å²) < 4.78 is 11.4. The lowest BCUT2D eigenvalue weighted by Crippen LogP contribution is -2.36. The molecule has 7 heteroatoms. The van der Waals surface area contributed by atoms with E-state index >= 15 is 0 Å². The number of morpholine rings is 1. The van der Waals surface area contributed by atoms with E-state index in [9.17, 15) is 0 Å². The van der Waals surface area contributed by atoms with Crippen LogP contribution in [-0.4, -0.2) is 48.9 Å². The van der Waals surface area contributed by atoms with Crippen LogP contribution in [0.15, 0.2) is 36.5 Å². The zero-order valence-corrected chi connectivity index (χ0v) is 16.2. The number of nitrogens with zero attached hydrogens (tertiary/aromatic N) is 3. The number of rotatable bonds is 6. The Morgan fingerprint density at radius 3 is 2.79 bits per heavy atom. The molecule has 1 saturated heterocycles. The highest BCUT2D eigenvalue weighted by atomic mass is 16.5. The van der Waals surface area contributed by atoms with Crippen molar-refractivity contribution in [3.63, 3.8) is 0 Å². The van der Waals surface area contributed by atoms with Gasteiger partial charge in [-0.15, -0.1) is 0 Å². The third kappa shape index (κ3) is 5.11. The highest BCUT2D eigenvalue weighted by Crippen LogP contribution is 2.25. The molecule has 28 heavy (non-hydrogen) atoms. The number of hydrogen-bond donors (Lipinski definition) is 2. The monoisotopic (exact) mass is 383 g/mol. The Balaban J connectivity index is 1.35. The molecule has 2 heterocycles. The summed E-state index contributed by atoms with van der Waals surface area (Å²) in [6.07, 6.45) is 6.17. The first-order valence-corrected chi connectivity index (χ1v) is 10.2. The van der Waals surface area contributed by atoms with Gasteiger partial charge in [-0.1, -0.05) is 6.07 Å². The lowest BCUT2D eigenvalue weighted by atomic mass is 9.87. The average Bonchev–Trinajstić information content (AvgIpc) is 2.74. The van der Waals surface area contributed by atoms with Crippen LogP contribution < -0.4 is 20.7 Å². The van der Waals surface area contributed by atoms with Gasteiger partial charge in [0.2, 0.25) is 11.8 Å². The number of hydrogen-bond acceptors (Lipinski definition) is 7. The quantitative estimate of drug-likeness (QED) is 0.793. The molecule has 1 aliphatic heterocycles. The van der Waals surface area contributed by atoms with E-state index in [0.717, 1.165) is 57.7 Å². The predicted molar refractivity (Wildman–Crippen MR) is 110 cm³/mol. The topological polar surface area (TPSA) is 85.5 Å². The largest absolute Gasteiger partial charge is 0.477 e. The van der Waals surface area contributed by atoms with E-state index in [4.69, 9.17) is 15.2 Å². The second kappa shape index (κ2) is 9.21. The van der Waals surface area contributed by atoms with Crippen molar-refractivity contribution in [3.05, 3.63) is 36.5 Å². The van der Waals surface area contributed by atoms with Crippen LogP contribution in [0.2, 0.25) is 0 Å². The molecular formula is C21H29N5O2. The Morgan fingerprint density at radius 2 is 1.96 bits per heavy atom. The van der Waals surface area contributed by atoms with E-state index in [1.54, 1.807) is 6.20 Å². The van der Waals surface area contributed by atoms with Crippen molar-refractivity contribution >= 4 is 17.3 Å². The summed E-state index contributed by atoms with van der Waals surface area (Å²) in [5.74, 6) is 1.72. The summed E-state index contributed by atoms with van der Waals surface area (Å²) in [6.45, 7) is 4.06. The van der Waals surface area contributed by atoms with Gasteiger partial charge >= 0.3 is 0 Å². The average molecular weight is 383 g/mol. The minimum absolute atomic E-state index is 0.360. The summed E-state index contributed by atoms with van der Waals surface area (Å²) in [7, 11) is 0. The van der Waals surface area contributed by atoms with Crippen LogP contribution in [0.1, 0.15) is 25.7 Å². The molecule has 2 fully saturated rings. The summed E-state index contributed by atoms with van der Waals surface area (Å²) >= 11 is 0. The molecule has 4 rings (SSSR count). The highest BCUT2D eigenvalue weighted by molar-refractivity contribution is 5.62. The standard InChI is InChI=1S/C21H29N5O2/c22-17-6-4-16(5-7-17)15-28-20-8-9-23-21(25-20)24-18-2-1-3-19(14-18)26-10-12-27-13-11-26/h1-3,8-9,14,16-17H,4-7,10-13,15,22H2,(H,23,24,25)/t16-,17-. The van der Waals surface area contributed by atoms with Crippen molar-refractivity contribution in [3.8, 4) is 5.88 Å². The fourth-order valence-electron chi connectivity index (χ4n) is 3.77. The molecule has 1 saturated carbocycles. The van der Waals surface area contributed by atoms with E-state index in [0.29, 0.717) is 30.4 Å². The maximum atomic E-state index is 5.98. The molecule has 0 unspecified atom stereocenters. The first kappa shape index (κ1) is 19.0. The Labute approximate surface area is 166 Å². The normalized spacial score (nSPS) is 22.7. The Kier molecular flexibility index (Phi) is 6.24. The third-order valence-electron chi connectivity index (χ3n) is 5.47. The van der Waals surface area contributed by atoms with Crippen LogP contribution in [0.25, 0.3) is 0 Å². The number of aromatic nitrogens is 2. The van der Waals surface area contributed by atoms with E-state index in [2.05, 4.69) is 32.3 Å². The van der Waals surface area contributed by atoms with E-state index < -0.39 is 0 Å². The molecule has 2 aliphatic rings. The Morgan fingerprint density at radius 1 is 1.14 bits per heavy atom. The van der Waals surface area contributed by atoms with Gasteiger partial charge in [0.15, 0.2) is 0 Å². The van der Waals surface area contributed by atoms with Crippen LogP contribution >= 0.6 is 0 Å². The lowest BCUT2D eigenvalue weighted by molar-refractivity contribution is 0.122. The molecule has 0 bridgehead atoms. The van der Waals surface area contributed by atoms with Crippen LogP contribution in [0, 0.1) is 5.92 Å². The summed E-state index contributed by atoms with van der Waals surface area (Å²) in [5, 5.41) is 3.29. The smallest absolute Gasteiger partial charge is 0.230 e. The maximum absolute atomic E-state index is 5.98. The van der Waals surface area contributed by atoms with Crippen molar-refractivity contribution in [1.82, 2.24) is 9.97 Å². The fraction of sp³-hybridized carbons (Fsp3) is 0.524. The van der Waals surface area contributed by atoms with Gasteiger partial charge in [0.05, 0.1) is 19.8 Å². The van der Waals surface area contributed by atoms with E-state index in [1.165, 1.54) is 5.69 Å². The number of anilines is 3. The molecule has 1 aliphatic carbocycles. The highest BCUT2D eigenvalue weighted by Gasteiger charge is 2.19. The van der Waals surface area contributed by atoms with Gasteiger partial charge in [0, 0.05) is 42.8 Å². The van der Waals surface area contributed by atoms with Gasteiger partial charge in [-0.3, -0.25) is 0 Å². The molecule has 0 spiro atoms. The van der Waals surface area contributed by atoms with Crippen LogP contribution in [0.5, 0.6) is 5.88 Å². The summed E-state index contributed by atoms with van der Waals surface area (Å²) in [6, 6.07) is 10.5. The van der Waals surface area contributed by atoms with Crippen molar-refractivity contribution < 1.29 is 9.47 Å². The SMILES string of the molecule is N[C@H]1CC[C@H](COc2ccnc(Nc3cccc(N4CCOCC4)c3)n2)CC1. The first-order valence-electron chi connectivity index (χ1n) is 10.2. The fourth-order valence-corrected chi connectivity index (χ4v) is 3.77. The zero-order valence-electron chi connectivity index (χ0n) is 16.2.